The minimum atomic E-state index is -0.252. The van der Waals surface area contributed by atoms with Crippen molar-refractivity contribution in [2.45, 2.75) is 5.22 Å². The molecule has 2 aromatic carbocycles. The second kappa shape index (κ2) is 8.79. The van der Waals surface area contributed by atoms with E-state index in [0.29, 0.717) is 33.7 Å². The molecule has 3 aromatic rings. The molecule has 0 saturated heterocycles. The lowest BCUT2D eigenvalue weighted by Gasteiger charge is -2.09. The first-order valence-electron chi connectivity index (χ1n) is 7.84. The van der Waals surface area contributed by atoms with Crippen LogP contribution in [0.5, 0.6) is 11.5 Å². The Kier molecular flexibility index (Phi) is 6.20. The van der Waals surface area contributed by atoms with Crippen molar-refractivity contribution in [2.24, 2.45) is 0 Å². The number of carbonyl (C=O) groups excluding carboxylic acids is 1. The minimum Gasteiger partial charge on any atom is -0.496 e. The van der Waals surface area contributed by atoms with E-state index in [0.717, 1.165) is 11.8 Å². The van der Waals surface area contributed by atoms with Crippen molar-refractivity contribution in [3.05, 3.63) is 47.5 Å². The molecule has 140 valence electrons. The molecule has 0 spiro atoms. The molecule has 9 heteroatoms. The number of nitrogens with zero attached hydrogens (tertiary/aromatic N) is 2. The van der Waals surface area contributed by atoms with Gasteiger partial charge in [0.1, 0.15) is 11.5 Å². The number of carbonyl (C=O) groups is 1. The first kappa shape index (κ1) is 19.1. The summed E-state index contributed by atoms with van der Waals surface area (Å²) in [7, 11) is 3.09. The quantitative estimate of drug-likeness (QED) is 0.591. The molecule has 0 bridgehead atoms. The van der Waals surface area contributed by atoms with Gasteiger partial charge in [0.05, 0.1) is 31.2 Å². The van der Waals surface area contributed by atoms with E-state index in [-0.39, 0.29) is 16.9 Å². The van der Waals surface area contributed by atoms with Crippen LogP contribution in [-0.4, -0.2) is 36.1 Å². The summed E-state index contributed by atoms with van der Waals surface area (Å²) >= 11 is 7.09. The predicted molar refractivity (Wildman–Crippen MR) is 104 cm³/mol. The first-order chi connectivity index (χ1) is 13.1. The highest BCUT2D eigenvalue weighted by atomic mass is 35.5. The number of aromatic nitrogens is 2. The van der Waals surface area contributed by atoms with Crippen LogP contribution in [0, 0.1) is 0 Å². The number of hydrogen-bond acceptors (Lipinski definition) is 7. The molecule has 7 nitrogen and oxygen atoms in total. The standard InChI is InChI=1S/C18H16ClN3O4S/c1-24-14-6-4-3-5-12(14)17-21-22-18(26-17)27-10-16(23)20-13-9-11(19)7-8-15(13)25-2/h3-9H,10H2,1-2H3,(H,20,23). The smallest absolute Gasteiger partial charge is 0.277 e. The van der Waals surface area contributed by atoms with E-state index in [9.17, 15) is 4.79 Å². The molecule has 1 heterocycles. The number of thioether (sulfide) groups is 1. The van der Waals surface area contributed by atoms with E-state index in [4.69, 9.17) is 25.5 Å². The van der Waals surface area contributed by atoms with Crippen LogP contribution in [0.1, 0.15) is 0 Å². The maximum Gasteiger partial charge on any atom is 0.277 e. The van der Waals surface area contributed by atoms with Crippen molar-refractivity contribution in [1.82, 2.24) is 10.2 Å². The van der Waals surface area contributed by atoms with Crippen molar-refractivity contribution in [3.63, 3.8) is 0 Å². The van der Waals surface area contributed by atoms with E-state index in [1.165, 1.54) is 7.11 Å². The normalized spacial score (nSPS) is 10.5. The Morgan fingerprint density at radius 1 is 1.15 bits per heavy atom. The molecule has 0 aliphatic rings. The summed E-state index contributed by atoms with van der Waals surface area (Å²) in [5.41, 5.74) is 1.18. The van der Waals surface area contributed by atoms with Gasteiger partial charge < -0.3 is 19.2 Å². The number of hydrogen-bond donors (Lipinski definition) is 1. The summed E-state index contributed by atoms with van der Waals surface area (Å²) in [6, 6.07) is 12.3. The number of rotatable bonds is 7. The number of amides is 1. The third-order valence-corrected chi connectivity index (χ3v) is 4.56. The molecule has 1 amide bonds. The first-order valence-corrected chi connectivity index (χ1v) is 9.20. The molecule has 0 aliphatic carbocycles. The highest BCUT2D eigenvalue weighted by Crippen LogP contribution is 2.31. The molecule has 0 aliphatic heterocycles. The summed E-state index contributed by atoms with van der Waals surface area (Å²) in [4.78, 5) is 12.2. The lowest BCUT2D eigenvalue weighted by Crippen LogP contribution is -2.14. The van der Waals surface area contributed by atoms with Gasteiger partial charge in [-0.25, -0.2) is 0 Å². The third-order valence-electron chi connectivity index (χ3n) is 3.51. The zero-order valence-electron chi connectivity index (χ0n) is 14.6. The molecule has 27 heavy (non-hydrogen) atoms. The minimum absolute atomic E-state index is 0.0865. The van der Waals surface area contributed by atoms with Crippen molar-refractivity contribution < 1.29 is 18.7 Å². The maximum atomic E-state index is 12.2. The van der Waals surface area contributed by atoms with E-state index in [2.05, 4.69) is 15.5 Å². The Morgan fingerprint density at radius 2 is 1.93 bits per heavy atom. The summed E-state index contributed by atoms with van der Waals surface area (Å²) in [5.74, 6) is 1.31. The van der Waals surface area contributed by atoms with Crippen LogP contribution in [-0.2, 0) is 4.79 Å². The summed E-state index contributed by atoms with van der Waals surface area (Å²) in [6.07, 6.45) is 0. The second-order valence-electron chi connectivity index (χ2n) is 5.25. The van der Waals surface area contributed by atoms with E-state index in [1.54, 1.807) is 31.4 Å². The SMILES string of the molecule is COc1ccc(Cl)cc1NC(=O)CSc1nnc(-c2ccccc2OC)o1. The molecule has 1 aromatic heterocycles. The fourth-order valence-electron chi connectivity index (χ4n) is 2.29. The zero-order valence-corrected chi connectivity index (χ0v) is 16.1. The molecule has 3 rings (SSSR count). The lowest BCUT2D eigenvalue weighted by molar-refractivity contribution is -0.113. The van der Waals surface area contributed by atoms with Crippen molar-refractivity contribution in [1.29, 1.82) is 0 Å². The van der Waals surface area contributed by atoms with Gasteiger partial charge >= 0.3 is 0 Å². The van der Waals surface area contributed by atoms with Crippen LogP contribution in [0.25, 0.3) is 11.5 Å². The van der Waals surface area contributed by atoms with Gasteiger partial charge in [0.15, 0.2) is 0 Å². The van der Waals surface area contributed by atoms with Gasteiger partial charge in [-0.1, -0.05) is 35.5 Å². The van der Waals surface area contributed by atoms with Gasteiger partial charge in [0.25, 0.3) is 11.1 Å². The van der Waals surface area contributed by atoms with E-state index >= 15 is 0 Å². The Morgan fingerprint density at radius 3 is 2.70 bits per heavy atom. The number of halogens is 1. The fraction of sp³-hybridized carbons (Fsp3) is 0.167. The van der Waals surface area contributed by atoms with Crippen molar-refractivity contribution >= 4 is 35.0 Å². The molecule has 1 N–H and O–H groups in total. The van der Waals surface area contributed by atoms with Gasteiger partial charge in [0.2, 0.25) is 5.91 Å². The number of methoxy groups -OCH3 is 2. The Balaban J connectivity index is 1.63. The van der Waals surface area contributed by atoms with Gasteiger partial charge in [-0.2, -0.15) is 0 Å². The Bertz CT molecular complexity index is 948. The lowest BCUT2D eigenvalue weighted by atomic mass is 10.2. The molecule has 0 fully saturated rings. The van der Waals surface area contributed by atoms with Gasteiger partial charge in [-0.3, -0.25) is 4.79 Å². The molecule has 0 saturated carbocycles. The van der Waals surface area contributed by atoms with Gasteiger partial charge in [-0.15, -0.1) is 10.2 Å². The third kappa shape index (κ3) is 4.72. The number of benzene rings is 2. The highest BCUT2D eigenvalue weighted by molar-refractivity contribution is 7.99. The number of anilines is 1. The van der Waals surface area contributed by atoms with Crippen molar-refractivity contribution in [2.75, 3.05) is 25.3 Å². The van der Waals surface area contributed by atoms with Crippen LogP contribution in [0.3, 0.4) is 0 Å². The van der Waals surface area contributed by atoms with Crippen LogP contribution < -0.4 is 14.8 Å². The summed E-state index contributed by atoms with van der Waals surface area (Å²) in [5, 5.41) is 11.5. The predicted octanol–water partition coefficient (Wildman–Crippen LogP) is 4.14. The van der Waals surface area contributed by atoms with Crippen LogP contribution in [0.4, 0.5) is 5.69 Å². The van der Waals surface area contributed by atoms with Crippen LogP contribution in [0.15, 0.2) is 52.1 Å². The van der Waals surface area contributed by atoms with Gasteiger partial charge in [0, 0.05) is 5.02 Å². The average Bonchev–Trinajstić information content (AvgIpc) is 3.15. The van der Waals surface area contributed by atoms with Crippen LogP contribution >= 0.6 is 23.4 Å². The topological polar surface area (TPSA) is 86.5 Å². The maximum absolute atomic E-state index is 12.2. The molecular weight excluding hydrogens is 390 g/mol. The summed E-state index contributed by atoms with van der Waals surface area (Å²) < 4.78 is 16.1. The van der Waals surface area contributed by atoms with Crippen LogP contribution in [0.2, 0.25) is 5.02 Å². The Labute approximate surface area is 165 Å². The fourth-order valence-corrected chi connectivity index (χ4v) is 3.02. The number of ether oxygens (including phenoxy) is 2. The Hall–Kier alpha value is -2.71. The monoisotopic (exact) mass is 405 g/mol. The van der Waals surface area contributed by atoms with E-state index in [1.807, 2.05) is 18.2 Å². The number of nitrogens with one attached hydrogen (secondary N) is 1. The van der Waals surface area contributed by atoms with E-state index < -0.39 is 0 Å². The molecule has 0 unspecified atom stereocenters. The summed E-state index contributed by atoms with van der Waals surface area (Å²) in [6.45, 7) is 0. The number of para-hydroxylation sites is 1. The average molecular weight is 406 g/mol. The molecule has 0 radical (unpaired) electrons. The highest BCUT2D eigenvalue weighted by Gasteiger charge is 2.15. The molecule has 0 atom stereocenters. The van der Waals surface area contributed by atoms with Gasteiger partial charge in [-0.05, 0) is 30.3 Å². The van der Waals surface area contributed by atoms with Crippen molar-refractivity contribution in [3.8, 4) is 23.0 Å². The molecular formula is C18H16ClN3O4S. The largest absolute Gasteiger partial charge is 0.496 e. The zero-order chi connectivity index (χ0) is 19.2. The second-order valence-corrected chi connectivity index (χ2v) is 6.62.